The van der Waals surface area contributed by atoms with Gasteiger partial charge in [-0.1, -0.05) is 12.1 Å². The Morgan fingerprint density at radius 3 is 2.92 bits per heavy atom. The van der Waals surface area contributed by atoms with Crippen LogP contribution in [-0.4, -0.2) is 28.6 Å². The quantitative estimate of drug-likeness (QED) is 0.779. The summed E-state index contributed by atoms with van der Waals surface area (Å²) in [6, 6.07) is 6.39. The number of nitrogens with zero attached hydrogens (tertiary/aromatic N) is 1. The van der Waals surface area contributed by atoms with E-state index in [9.17, 15) is 9.18 Å². The van der Waals surface area contributed by atoms with Crippen LogP contribution in [0.5, 0.6) is 0 Å². The number of amides is 1. The molecule has 1 atom stereocenters. The van der Waals surface area contributed by atoms with Crippen LogP contribution in [-0.2, 0) is 11.2 Å². The second-order valence-electron chi connectivity index (χ2n) is 6.12. The molecule has 1 fully saturated rings. The van der Waals surface area contributed by atoms with Crippen LogP contribution in [0.2, 0.25) is 0 Å². The van der Waals surface area contributed by atoms with Gasteiger partial charge in [0.15, 0.2) is 11.7 Å². The topological polar surface area (TPSA) is 75.4 Å². The number of rotatable bonds is 8. The molecule has 1 saturated carbocycles. The van der Waals surface area contributed by atoms with E-state index < -0.39 is 0 Å². The first-order valence-corrected chi connectivity index (χ1v) is 8.27. The van der Waals surface area contributed by atoms with Gasteiger partial charge in [0.05, 0.1) is 11.8 Å². The first kappa shape index (κ1) is 16.6. The predicted molar refractivity (Wildman–Crippen MR) is 86.6 cm³/mol. The van der Waals surface area contributed by atoms with Gasteiger partial charge in [-0.25, -0.2) is 9.37 Å². The van der Waals surface area contributed by atoms with E-state index in [0.29, 0.717) is 36.0 Å². The zero-order valence-electron chi connectivity index (χ0n) is 13.4. The van der Waals surface area contributed by atoms with E-state index in [2.05, 4.69) is 10.3 Å². The monoisotopic (exact) mass is 332 g/mol. The Morgan fingerprint density at radius 1 is 1.42 bits per heavy atom. The third-order valence-corrected chi connectivity index (χ3v) is 4.24. The third-order valence-electron chi connectivity index (χ3n) is 4.24. The summed E-state index contributed by atoms with van der Waals surface area (Å²) in [5.41, 5.74) is 0.359. The molecule has 128 valence electrons. The van der Waals surface area contributed by atoms with Crippen molar-refractivity contribution < 1.29 is 18.7 Å². The predicted octanol–water partition coefficient (Wildman–Crippen LogP) is 2.69. The highest BCUT2D eigenvalue weighted by Gasteiger charge is 2.31. The molecule has 2 N–H and O–H groups in total. The van der Waals surface area contributed by atoms with Crippen LogP contribution in [0.15, 0.2) is 34.9 Å². The van der Waals surface area contributed by atoms with Crippen molar-refractivity contribution >= 4 is 5.91 Å². The van der Waals surface area contributed by atoms with Crippen molar-refractivity contribution in [3.63, 3.8) is 0 Å². The molecule has 0 spiro atoms. The molecule has 2 aromatic rings. The number of aliphatic hydroxyl groups is 1. The lowest BCUT2D eigenvalue weighted by molar-refractivity contribution is -0.122. The number of aromatic nitrogens is 1. The van der Waals surface area contributed by atoms with Crippen molar-refractivity contribution in [2.75, 3.05) is 6.61 Å². The third kappa shape index (κ3) is 4.20. The van der Waals surface area contributed by atoms with Gasteiger partial charge in [0, 0.05) is 25.5 Å². The van der Waals surface area contributed by atoms with Gasteiger partial charge in [0.25, 0.3) is 0 Å². The minimum atomic E-state index is -0.366. The molecule has 0 radical (unpaired) electrons. The second-order valence-corrected chi connectivity index (χ2v) is 6.12. The van der Waals surface area contributed by atoms with E-state index in [1.165, 1.54) is 12.3 Å². The highest BCUT2D eigenvalue weighted by molar-refractivity contribution is 5.76. The molecule has 1 heterocycles. The van der Waals surface area contributed by atoms with Crippen LogP contribution in [0.25, 0.3) is 11.3 Å². The molecular formula is C18H21FN2O3. The fourth-order valence-corrected chi connectivity index (χ4v) is 2.77. The fraction of sp³-hybridized carbons (Fsp3) is 0.444. The minimum Gasteiger partial charge on any atom is -0.441 e. The van der Waals surface area contributed by atoms with Gasteiger partial charge < -0.3 is 14.8 Å². The van der Waals surface area contributed by atoms with Crippen molar-refractivity contribution in [3.05, 3.63) is 42.2 Å². The van der Waals surface area contributed by atoms with E-state index in [0.717, 1.165) is 12.8 Å². The highest BCUT2D eigenvalue weighted by Crippen LogP contribution is 2.34. The van der Waals surface area contributed by atoms with E-state index in [4.69, 9.17) is 9.52 Å². The molecule has 24 heavy (non-hydrogen) atoms. The SMILES string of the molecule is O=C(CCc1ncc(-c2ccccc2F)o1)NC(CCO)C1CC1. The minimum absolute atomic E-state index is 0.0565. The lowest BCUT2D eigenvalue weighted by Crippen LogP contribution is -2.37. The maximum atomic E-state index is 13.7. The summed E-state index contributed by atoms with van der Waals surface area (Å²) in [5.74, 6) is 0.823. The number of benzene rings is 1. The van der Waals surface area contributed by atoms with Crippen molar-refractivity contribution in [1.29, 1.82) is 0 Å². The molecule has 1 aliphatic rings. The number of hydrogen-bond donors (Lipinski definition) is 2. The summed E-state index contributed by atoms with van der Waals surface area (Å²) in [5, 5.41) is 12.0. The van der Waals surface area contributed by atoms with E-state index in [1.807, 2.05) is 0 Å². The average Bonchev–Trinajstić information content (AvgIpc) is 3.32. The Labute approximate surface area is 139 Å². The van der Waals surface area contributed by atoms with Crippen molar-refractivity contribution in [2.45, 2.75) is 38.1 Å². The zero-order chi connectivity index (χ0) is 16.9. The van der Waals surface area contributed by atoms with Gasteiger partial charge in [-0.3, -0.25) is 4.79 Å². The first-order chi connectivity index (χ1) is 11.7. The molecule has 0 aliphatic heterocycles. The van der Waals surface area contributed by atoms with Gasteiger partial charge in [0.1, 0.15) is 5.82 Å². The second kappa shape index (κ2) is 7.57. The van der Waals surface area contributed by atoms with Crippen LogP contribution >= 0.6 is 0 Å². The molecule has 5 nitrogen and oxygen atoms in total. The summed E-state index contributed by atoms with van der Waals surface area (Å²) in [6.07, 6.45) is 4.90. The van der Waals surface area contributed by atoms with Crippen LogP contribution in [0.1, 0.15) is 31.6 Å². The van der Waals surface area contributed by atoms with Gasteiger partial charge >= 0.3 is 0 Å². The lowest BCUT2D eigenvalue weighted by Gasteiger charge is -2.16. The average molecular weight is 332 g/mol. The smallest absolute Gasteiger partial charge is 0.220 e. The lowest BCUT2D eigenvalue weighted by atomic mass is 10.1. The zero-order valence-corrected chi connectivity index (χ0v) is 13.4. The normalized spacial score (nSPS) is 15.2. The van der Waals surface area contributed by atoms with E-state index in [1.54, 1.807) is 18.2 Å². The Balaban J connectivity index is 1.53. The Hall–Kier alpha value is -2.21. The maximum absolute atomic E-state index is 13.7. The molecule has 1 aromatic heterocycles. The molecule has 1 aromatic carbocycles. The standard InChI is InChI=1S/C18H21FN2O3/c19-14-4-2-1-3-13(14)16-11-20-18(24-16)8-7-17(23)21-15(9-10-22)12-5-6-12/h1-4,11-12,15,22H,5-10H2,(H,21,23). The largest absolute Gasteiger partial charge is 0.441 e. The number of hydrogen-bond acceptors (Lipinski definition) is 4. The van der Waals surface area contributed by atoms with Crippen LogP contribution in [0.3, 0.4) is 0 Å². The highest BCUT2D eigenvalue weighted by atomic mass is 19.1. The molecule has 1 amide bonds. The van der Waals surface area contributed by atoms with E-state index in [-0.39, 0.29) is 30.8 Å². The van der Waals surface area contributed by atoms with Gasteiger partial charge in [-0.2, -0.15) is 0 Å². The molecule has 3 rings (SSSR count). The number of aliphatic hydroxyl groups excluding tert-OH is 1. The Bertz CT molecular complexity index is 697. The fourth-order valence-electron chi connectivity index (χ4n) is 2.77. The number of carbonyl (C=O) groups is 1. The van der Waals surface area contributed by atoms with Crippen LogP contribution in [0, 0.1) is 11.7 Å². The Kier molecular flexibility index (Phi) is 5.25. The first-order valence-electron chi connectivity index (χ1n) is 8.27. The number of oxazole rings is 1. The maximum Gasteiger partial charge on any atom is 0.220 e. The number of carbonyl (C=O) groups excluding carboxylic acids is 1. The summed E-state index contributed by atoms with van der Waals surface area (Å²) >= 11 is 0. The molecule has 1 aliphatic carbocycles. The van der Waals surface area contributed by atoms with Gasteiger partial charge in [0.2, 0.25) is 5.91 Å². The van der Waals surface area contributed by atoms with Gasteiger partial charge in [-0.15, -0.1) is 0 Å². The molecule has 6 heteroatoms. The van der Waals surface area contributed by atoms with Crippen molar-refractivity contribution in [2.24, 2.45) is 5.92 Å². The van der Waals surface area contributed by atoms with Gasteiger partial charge in [-0.05, 0) is 37.3 Å². The Morgan fingerprint density at radius 2 is 2.21 bits per heavy atom. The molecule has 1 unspecified atom stereocenters. The number of nitrogens with one attached hydrogen (secondary N) is 1. The van der Waals surface area contributed by atoms with Crippen molar-refractivity contribution in [1.82, 2.24) is 10.3 Å². The van der Waals surface area contributed by atoms with Crippen molar-refractivity contribution in [3.8, 4) is 11.3 Å². The van der Waals surface area contributed by atoms with E-state index >= 15 is 0 Å². The number of halogens is 1. The summed E-state index contributed by atoms with van der Waals surface area (Å²) < 4.78 is 19.3. The summed E-state index contributed by atoms with van der Waals surface area (Å²) in [7, 11) is 0. The molecule has 0 saturated heterocycles. The summed E-state index contributed by atoms with van der Waals surface area (Å²) in [4.78, 5) is 16.2. The molecule has 0 bridgehead atoms. The number of aryl methyl sites for hydroxylation is 1. The molecular weight excluding hydrogens is 311 g/mol. The summed E-state index contributed by atoms with van der Waals surface area (Å²) in [6.45, 7) is 0.0766. The van der Waals surface area contributed by atoms with Crippen LogP contribution in [0.4, 0.5) is 4.39 Å². The van der Waals surface area contributed by atoms with Crippen LogP contribution < -0.4 is 5.32 Å².